The second kappa shape index (κ2) is 8.97. The zero-order valence-electron chi connectivity index (χ0n) is 15.2. The van der Waals surface area contributed by atoms with Gasteiger partial charge in [-0.15, -0.1) is 11.3 Å². The highest BCUT2D eigenvalue weighted by Crippen LogP contribution is 2.20. The van der Waals surface area contributed by atoms with Gasteiger partial charge in [0.05, 0.1) is 6.54 Å². The van der Waals surface area contributed by atoms with Gasteiger partial charge in [-0.25, -0.2) is 0 Å². The Labute approximate surface area is 165 Å². The SMILES string of the molecule is Cc1cccc(NC(=S)N(CCc2ccccc2)Cc2cccs2)c1C. The molecular weight excluding hydrogens is 356 g/mol. The smallest absolute Gasteiger partial charge is 0.173 e. The first-order valence-electron chi connectivity index (χ1n) is 8.82. The number of rotatable bonds is 6. The van der Waals surface area contributed by atoms with Gasteiger partial charge in [-0.1, -0.05) is 48.5 Å². The third-order valence-corrected chi connectivity index (χ3v) is 5.79. The van der Waals surface area contributed by atoms with Gasteiger partial charge < -0.3 is 10.2 Å². The van der Waals surface area contributed by atoms with Crippen LogP contribution in [0.25, 0.3) is 0 Å². The Bertz CT molecular complexity index is 842. The predicted molar refractivity (Wildman–Crippen MR) is 117 cm³/mol. The first-order chi connectivity index (χ1) is 12.6. The fraction of sp³-hybridized carbons (Fsp3) is 0.227. The van der Waals surface area contributed by atoms with Crippen molar-refractivity contribution in [1.29, 1.82) is 0 Å². The van der Waals surface area contributed by atoms with Crippen LogP contribution in [0.15, 0.2) is 66.0 Å². The molecule has 0 saturated heterocycles. The molecule has 0 spiro atoms. The minimum Gasteiger partial charge on any atom is -0.344 e. The molecule has 0 radical (unpaired) electrons. The molecule has 2 nitrogen and oxygen atoms in total. The summed E-state index contributed by atoms with van der Waals surface area (Å²) in [6.07, 6.45) is 0.973. The van der Waals surface area contributed by atoms with Crippen LogP contribution >= 0.6 is 23.6 Å². The van der Waals surface area contributed by atoms with Crippen molar-refractivity contribution in [2.75, 3.05) is 11.9 Å². The highest BCUT2D eigenvalue weighted by atomic mass is 32.1. The number of aryl methyl sites for hydroxylation is 1. The lowest BCUT2D eigenvalue weighted by molar-refractivity contribution is 0.427. The third-order valence-electron chi connectivity index (χ3n) is 4.57. The van der Waals surface area contributed by atoms with Crippen molar-refractivity contribution in [3.8, 4) is 0 Å². The summed E-state index contributed by atoms with van der Waals surface area (Å²) in [5.74, 6) is 0. The fourth-order valence-corrected chi connectivity index (χ4v) is 3.82. The number of anilines is 1. The van der Waals surface area contributed by atoms with Gasteiger partial charge in [0.2, 0.25) is 0 Å². The summed E-state index contributed by atoms with van der Waals surface area (Å²) in [7, 11) is 0. The number of benzene rings is 2. The fourth-order valence-electron chi connectivity index (χ4n) is 2.83. The maximum absolute atomic E-state index is 5.77. The van der Waals surface area contributed by atoms with Crippen molar-refractivity contribution in [3.05, 3.63) is 87.6 Å². The van der Waals surface area contributed by atoms with E-state index in [1.54, 1.807) is 11.3 Å². The molecule has 1 heterocycles. The van der Waals surface area contributed by atoms with Crippen molar-refractivity contribution in [2.45, 2.75) is 26.8 Å². The van der Waals surface area contributed by atoms with Gasteiger partial charge in [0.15, 0.2) is 5.11 Å². The molecule has 26 heavy (non-hydrogen) atoms. The van der Waals surface area contributed by atoms with Gasteiger partial charge in [-0.05, 0) is 66.7 Å². The molecule has 0 atom stereocenters. The highest BCUT2D eigenvalue weighted by molar-refractivity contribution is 7.80. The average molecular weight is 381 g/mol. The molecule has 0 aliphatic heterocycles. The van der Waals surface area contributed by atoms with E-state index in [0.717, 1.165) is 30.3 Å². The minimum atomic E-state index is 0.781. The second-order valence-corrected chi connectivity index (χ2v) is 7.83. The largest absolute Gasteiger partial charge is 0.344 e. The highest BCUT2D eigenvalue weighted by Gasteiger charge is 2.13. The molecule has 0 saturated carbocycles. The lowest BCUT2D eigenvalue weighted by atomic mass is 10.1. The maximum atomic E-state index is 5.77. The first-order valence-corrected chi connectivity index (χ1v) is 10.1. The Morgan fingerprint density at radius 3 is 2.54 bits per heavy atom. The Morgan fingerprint density at radius 1 is 1.00 bits per heavy atom. The van der Waals surface area contributed by atoms with Gasteiger partial charge >= 0.3 is 0 Å². The van der Waals surface area contributed by atoms with E-state index in [1.165, 1.54) is 21.6 Å². The van der Waals surface area contributed by atoms with Crippen LogP contribution < -0.4 is 5.32 Å². The average Bonchev–Trinajstić information content (AvgIpc) is 3.16. The van der Waals surface area contributed by atoms with Gasteiger partial charge in [0.25, 0.3) is 0 Å². The molecule has 0 fully saturated rings. The summed E-state index contributed by atoms with van der Waals surface area (Å²) in [6, 6.07) is 21.1. The normalized spacial score (nSPS) is 10.5. The van der Waals surface area contributed by atoms with Gasteiger partial charge in [0, 0.05) is 17.1 Å². The quantitative estimate of drug-likeness (QED) is 0.544. The molecule has 1 aromatic heterocycles. The van der Waals surface area contributed by atoms with Crippen molar-refractivity contribution in [1.82, 2.24) is 4.90 Å². The van der Waals surface area contributed by atoms with E-state index >= 15 is 0 Å². The minimum absolute atomic E-state index is 0.781. The van der Waals surface area contributed by atoms with Crippen molar-refractivity contribution < 1.29 is 0 Å². The lowest BCUT2D eigenvalue weighted by Gasteiger charge is -2.26. The van der Waals surface area contributed by atoms with E-state index in [-0.39, 0.29) is 0 Å². The zero-order valence-corrected chi connectivity index (χ0v) is 16.9. The second-order valence-electron chi connectivity index (χ2n) is 6.41. The number of thiocarbonyl (C=S) groups is 1. The standard InChI is InChI=1S/C22H24N2S2/c1-17-8-6-12-21(18(17)2)23-22(25)24(16-20-11-7-15-26-20)14-13-19-9-4-3-5-10-19/h3-12,15H,13-14,16H2,1-2H3,(H,23,25). The lowest BCUT2D eigenvalue weighted by Crippen LogP contribution is -2.35. The van der Waals surface area contributed by atoms with Gasteiger partial charge in [-0.3, -0.25) is 0 Å². The van der Waals surface area contributed by atoms with Crippen molar-refractivity contribution >= 4 is 34.4 Å². The monoisotopic (exact) mass is 380 g/mol. The Hall–Kier alpha value is -2.17. The summed E-state index contributed by atoms with van der Waals surface area (Å²) >= 11 is 7.54. The first kappa shape index (κ1) is 18.6. The molecule has 0 aliphatic carbocycles. The molecule has 2 aromatic carbocycles. The Kier molecular flexibility index (Phi) is 6.42. The van der Waals surface area contributed by atoms with Gasteiger partial charge in [-0.2, -0.15) is 0 Å². The van der Waals surface area contributed by atoms with Crippen LogP contribution in [0.1, 0.15) is 21.6 Å². The van der Waals surface area contributed by atoms with Crippen LogP contribution in [0.5, 0.6) is 0 Å². The Balaban J connectivity index is 1.73. The molecule has 3 aromatic rings. The summed E-state index contributed by atoms with van der Waals surface area (Å²) < 4.78 is 0. The van der Waals surface area contributed by atoms with E-state index in [0.29, 0.717) is 0 Å². The number of thiophene rings is 1. The molecule has 0 unspecified atom stereocenters. The van der Waals surface area contributed by atoms with Crippen LogP contribution in [-0.4, -0.2) is 16.6 Å². The molecule has 1 N–H and O–H groups in total. The number of hydrogen-bond acceptors (Lipinski definition) is 2. The van der Waals surface area contributed by atoms with Crippen LogP contribution in [0, 0.1) is 13.8 Å². The summed E-state index contributed by atoms with van der Waals surface area (Å²) in [5, 5.41) is 6.36. The summed E-state index contributed by atoms with van der Waals surface area (Å²) in [4.78, 5) is 3.58. The topological polar surface area (TPSA) is 15.3 Å². The van der Waals surface area contributed by atoms with E-state index in [1.807, 2.05) is 0 Å². The predicted octanol–water partition coefficient (Wildman–Crippen LogP) is 5.81. The van der Waals surface area contributed by atoms with E-state index in [2.05, 4.69) is 90.1 Å². The van der Waals surface area contributed by atoms with Crippen molar-refractivity contribution in [2.24, 2.45) is 0 Å². The number of hydrogen-bond donors (Lipinski definition) is 1. The number of nitrogens with zero attached hydrogens (tertiary/aromatic N) is 1. The molecule has 4 heteroatoms. The molecule has 0 bridgehead atoms. The molecular formula is C22H24N2S2. The molecule has 0 aliphatic rings. The van der Waals surface area contributed by atoms with Gasteiger partial charge in [0.1, 0.15) is 0 Å². The van der Waals surface area contributed by atoms with Crippen LogP contribution in [0.4, 0.5) is 5.69 Å². The van der Waals surface area contributed by atoms with E-state index in [4.69, 9.17) is 12.2 Å². The molecule has 3 rings (SSSR count). The summed E-state index contributed by atoms with van der Waals surface area (Å²) in [6.45, 7) is 5.98. The summed E-state index contributed by atoms with van der Waals surface area (Å²) in [5.41, 5.74) is 4.94. The van der Waals surface area contributed by atoms with Crippen LogP contribution in [0.3, 0.4) is 0 Å². The van der Waals surface area contributed by atoms with E-state index < -0.39 is 0 Å². The van der Waals surface area contributed by atoms with E-state index in [9.17, 15) is 0 Å². The third kappa shape index (κ3) is 4.93. The number of nitrogens with one attached hydrogen (secondary N) is 1. The van der Waals surface area contributed by atoms with Crippen molar-refractivity contribution in [3.63, 3.8) is 0 Å². The maximum Gasteiger partial charge on any atom is 0.173 e. The van der Waals surface area contributed by atoms with Crippen LogP contribution in [-0.2, 0) is 13.0 Å². The van der Waals surface area contributed by atoms with Crippen LogP contribution in [0.2, 0.25) is 0 Å². The molecule has 0 amide bonds. The molecule has 134 valence electrons. The Morgan fingerprint density at radius 2 is 1.81 bits per heavy atom. The zero-order chi connectivity index (χ0) is 18.4.